The summed E-state index contributed by atoms with van der Waals surface area (Å²) in [7, 11) is 3.54. The van der Waals surface area contributed by atoms with Crippen LogP contribution >= 0.6 is 0 Å². The van der Waals surface area contributed by atoms with Crippen molar-refractivity contribution >= 4 is 5.78 Å². The van der Waals surface area contributed by atoms with Gasteiger partial charge in [-0.05, 0) is 93.3 Å². The number of fused-ring (bicyclic) bond motifs is 5. The summed E-state index contributed by atoms with van der Waals surface area (Å²) >= 11 is 0. The van der Waals surface area contributed by atoms with E-state index in [1.54, 1.807) is 14.0 Å². The van der Waals surface area contributed by atoms with Gasteiger partial charge in [0.2, 0.25) is 0 Å². The molecule has 4 rings (SSSR count). The maximum atomic E-state index is 12.9. The molecular weight excluding hydrogens is 368 g/mol. The molecule has 0 saturated heterocycles. The highest BCUT2D eigenvalue weighted by molar-refractivity contribution is 5.83. The van der Waals surface area contributed by atoms with E-state index in [2.05, 4.69) is 6.92 Å². The molecule has 0 aromatic rings. The van der Waals surface area contributed by atoms with E-state index in [0.717, 1.165) is 51.4 Å². The molecule has 5 nitrogen and oxygen atoms in total. The maximum Gasteiger partial charge on any atom is 0.146 e. The molecule has 0 spiro atoms. The number of hydrogen-bond donors (Lipinski definition) is 1. The normalized spacial score (nSPS) is 49.2. The number of carbonyl (C=O) groups is 1. The van der Waals surface area contributed by atoms with Crippen LogP contribution in [0.15, 0.2) is 0 Å². The van der Waals surface area contributed by atoms with Crippen LogP contribution in [0.2, 0.25) is 0 Å². The number of methoxy groups -OCH3 is 2. The molecule has 0 aromatic carbocycles. The molecule has 1 N–H and O–H groups in total. The number of ketones is 1. The summed E-state index contributed by atoms with van der Waals surface area (Å²) in [5.74, 6) is 2.56. The SMILES string of the molecule is COCO[C@@H]1CC[C@@]2(C)[C@H](C1)[C@H](OC)C[C@@H]1[C@@H]2CC[C@]2(C(C)=O)[C@@H](CO)CC[C@@H]12. The van der Waals surface area contributed by atoms with Crippen LogP contribution in [0, 0.1) is 40.4 Å². The Morgan fingerprint density at radius 1 is 1.03 bits per heavy atom. The molecular formula is C24H40O5. The summed E-state index contributed by atoms with van der Waals surface area (Å²) in [5.41, 5.74) is -0.0487. The molecule has 0 radical (unpaired) electrons. The standard InChI is InChI=1S/C24H40O5/c1-15(26)24-10-8-19-18(20(24)6-5-16(24)13-25)12-22(28-4)21-11-17(29-14-27-3)7-9-23(19,21)2/h16-22,25H,5-14H2,1-4H3/t16-,17-,18-,19+,20+,21-,22-,23-,24+/m1/s1. The molecule has 0 aromatic heterocycles. The Morgan fingerprint density at radius 2 is 1.83 bits per heavy atom. The minimum atomic E-state index is -0.295. The summed E-state index contributed by atoms with van der Waals surface area (Å²) in [4.78, 5) is 12.9. The van der Waals surface area contributed by atoms with Gasteiger partial charge in [-0.25, -0.2) is 0 Å². The Labute approximate surface area is 175 Å². The molecule has 0 heterocycles. The third-order valence-corrected chi connectivity index (χ3v) is 9.89. The van der Waals surface area contributed by atoms with Crippen molar-refractivity contribution in [2.75, 3.05) is 27.6 Å². The van der Waals surface area contributed by atoms with E-state index in [1.165, 1.54) is 0 Å². The third-order valence-electron chi connectivity index (χ3n) is 9.89. The monoisotopic (exact) mass is 408 g/mol. The first kappa shape index (κ1) is 21.7. The molecule has 0 aliphatic heterocycles. The maximum absolute atomic E-state index is 12.9. The summed E-state index contributed by atoms with van der Waals surface area (Å²) in [5, 5.41) is 10.1. The largest absolute Gasteiger partial charge is 0.396 e. The Morgan fingerprint density at radius 3 is 2.48 bits per heavy atom. The predicted octanol–water partition coefficient (Wildman–Crippen LogP) is 3.82. The smallest absolute Gasteiger partial charge is 0.146 e. The zero-order valence-electron chi connectivity index (χ0n) is 18.7. The van der Waals surface area contributed by atoms with E-state index in [-0.39, 0.29) is 35.6 Å². The lowest BCUT2D eigenvalue weighted by atomic mass is 9.43. The minimum absolute atomic E-state index is 0.149. The van der Waals surface area contributed by atoms with Gasteiger partial charge in [0.05, 0.1) is 12.2 Å². The molecule has 4 aliphatic rings. The van der Waals surface area contributed by atoms with Crippen LogP contribution in [0.3, 0.4) is 0 Å². The van der Waals surface area contributed by atoms with Crippen LogP contribution in [0.25, 0.3) is 0 Å². The van der Waals surface area contributed by atoms with Crippen LogP contribution in [0.1, 0.15) is 65.2 Å². The lowest BCUT2D eigenvalue weighted by Gasteiger charge is -2.62. The zero-order chi connectivity index (χ0) is 20.8. The minimum Gasteiger partial charge on any atom is -0.396 e. The molecule has 0 amide bonds. The first-order valence-corrected chi connectivity index (χ1v) is 11.7. The third kappa shape index (κ3) is 3.22. The van der Waals surface area contributed by atoms with E-state index in [1.807, 2.05) is 7.11 Å². The zero-order valence-corrected chi connectivity index (χ0v) is 18.7. The van der Waals surface area contributed by atoms with Crippen molar-refractivity contribution in [3.63, 3.8) is 0 Å². The van der Waals surface area contributed by atoms with Crippen LogP contribution in [-0.4, -0.2) is 50.7 Å². The topological polar surface area (TPSA) is 65.0 Å². The first-order chi connectivity index (χ1) is 13.9. The fourth-order valence-corrected chi connectivity index (χ4v) is 8.57. The Kier molecular flexibility index (Phi) is 6.16. The van der Waals surface area contributed by atoms with Crippen LogP contribution < -0.4 is 0 Å². The van der Waals surface area contributed by atoms with Crippen molar-refractivity contribution in [2.45, 2.75) is 77.4 Å². The fourth-order valence-electron chi connectivity index (χ4n) is 8.57. The molecule has 29 heavy (non-hydrogen) atoms. The molecule has 4 aliphatic carbocycles. The van der Waals surface area contributed by atoms with Crippen LogP contribution in [0.5, 0.6) is 0 Å². The van der Waals surface area contributed by atoms with E-state index < -0.39 is 0 Å². The second-order valence-corrected chi connectivity index (χ2v) is 10.6. The first-order valence-electron chi connectivity index (χ1n) is 11.7. The number of hydrogen-bond acceptors (Lipinski definition) is 5. The van der Waals surface area contributed by atoms with E-state index >= 15 is 0 Å². The summed E-state index contributed by atoms with van der Waals surface area (Å²) < 4.78 is 17.2. The molecule has 4 fully saturated rings. The lowest BCUT2D eigenvalue weighted by molar-refractivity contribution is -0.195. The van der Waals surface area contributed by atoms with Gasteiger partial charge >= 0.3 is 0 Å². The van der Waals surface area contributed by atoms with E-state index in [4.69, 9.17) is 14.2 Å². The van der Waals surface area contributed by atoms with Gasteiger partial charge in [0.25, 0.3) is 0 Å². The van der Waals surface area contributed by atoms with Gasteiger partial charge < -0.3 is 19.3 Å². The second kappa shape index (κ2) is 8.22. The summed E-state index contributed by atoms with van der Waals surface area (Å²) in [6.45, 7) is 4.79. The summed E-state index contributed by atoms with van der Waals surface area (Å²) in [6.07, 6.45) is 8.98. The molecule has 0 unspecified atom stereocenters. The quantitative estimate of drug-likeness (QED) is 0.677. The van der Waals surface area contributed by atoms with Crippen LogP contribution in [0.4, 0.5) is 0 Å². The highest BCUT2D eigenvalue weighted by atomic mass is 16.7. The van der Waals surface area contributed by atoms with Gasteiger partial charge in [-0.2, -0.15) is 0 Å². The van der Waals surface area contributed by atoms with Gasteiger partial charge in [-0.1, -0.05) is 6.92 Å². The van der Waals surface area contributed by atoms with Crippen molar-refractivity contribution in [3.8, 4) is 0 Å². The van der Waals surface area contributed by atoms with Gasteiger partial charge in [0.1, 0.15) is 12.6 Å². The predicted molar refractivity (Wildman–Crippen MR) is 110 cm³/mol. The number of carbonyl (C=O) groups excluding carboxylic acids is 1. The molecule has 5 heteroatoms. The van der Waals surface area contributed by atoms with Crippen molar-refractivity contribution in [1.29, 1.82) is 0 Å². The van der Waals surface area contributed by atoms with Gasteiger partial charge in [-0.3, -0.25) is 4.79 Å². The Bertz CT molecular complexity index is 608. The fraction of sp³-hybridized carbons (Fsp3) is 0.958. The number of Topliss-reactive ketones (excluding diaryl/α,β-unsaturated/α-hetero) is 1. The number of aliphatic hydroxyl groups excluding tert-OH is 1. The average molecular weight is 409 g/mol. The molecule has 4 saturated carbocycles. The van der Waals surface area contributed by atoms with Crippen molar-refractivity contribution < 1.29 is 24.1 Å². The van der Waals surface area contributed by atoms with Gasteiger partial charge in [0, 0.05) is 26.2 Å². The highest BCUT2D eigenvalue weighted by Gasteiger charge is 2.64. The average Bonchev–Trinajstić information content (AvgIpc) is 3.12. The number of aliphatic hydroxyl groups is 1. The lowest BCUT2D eigenvalue weighted by Crippen LogP contribution is -2.60. The van der Waals surface area contributed by atoms with Crippen molar-refractivity contribution in [3.05, 3.63) is 0 Å². The van der Waals surface area contributed by atoms with E-state index in [9.17, 15) is 9.90 Å². The Hall–Kier alpha value is -0.490. The molecule has 166 valence electrons. The number of ether oxygens (including phenoxy) is 3. The van der Waals surface area contributed by atoms with Gasteiger partial charge in [0.15, 0.2) is 0 Å². The molecule has 9 atom stereocenters. The Balaban J connectivity index is 1.62. The van der Waals surface area contributed by atoms with Crippen molar-refractivity contribution in [2.24, 2.45) is 40.4 Å². The van der Waals surface area contributed by atoms with Crippen molar-refractivity contribution in [1.82, 2.24) is 0 Å². The second-order valence-electron chi connectivity index (χ2n) is 10.6. The number of rotatable bonds is 6. The molecule has 0 bridgehead atoms. The van der Waals surface area contributed by atoms with Crippen LogP contribution in [-0.2, 0) is 19.0 Å². The highest BCUT2D eigenvalue weighted by Crippen LogP contribution is 2.68. The summed E-state index contributed by atoms with van der Waals surface area (Å²) in [6, 6.07) is 0. The van der Waals surface area contributed by atoms with E-state index in [0.29, 0.717) is 36.2 Å². The van der Waals surface area contributed by atoms with Gasteiger partial charge in [-0.15, -0.1) is 0 Å².